The van der Waals surface area contributed by atoms with Crippen molar-refractivity contribution in [2.75, 3.05) is 50.1 Å². The first-order chi connectivity index (χ1) is 13.1. The number of ether oxygens (including phenoxy) is 1. The van der Waals surface area contributed by atoms with Crippen molar-refractivity contribution in [3.8, 4) is 0 Å². The second kappa shape index (κ2) is 8.68. The fourth-order valence-electron chi connectivity index (χ4n) is 3.23. The molecule has 1 aliphatic heterocycles. The molecule has 1 saturated heterocycles. The normalized spacial score (nSPS) is 14.1. The highest BCUT2D eigenvalue weighted by Crippen LogP contribution is 2.20. The first kappa shape index (κ1) is 18.9. The molecule has 1 aliphatic rings. The zero-order valence-corrected chi connectivity index (χ0v) is 15.8. The standard InChI is InChI=1S/C21H25N3O3/c1-16-5-3-4-6-19(16)21(26)24-13-11-23(12-14-24)18-9-7-17(8-10-18)22-20(25)15-27-2/h3-10H,11-15H2,1-2H3,(H,22,25). The third-order valence-electron chi connectivity index (χ3n) is 4.73. The lowest BCUT2D eigenvalue weighted by molar-refractivity contribution is -0.119. The van der Waals surface area contributed by atoms with Gasteiger partial charge < -0.3 is 19.9 Å². The lowest BCUT2D eigenvalue weighted by Crippen LogP contribution is -2.48. The molecule has 6 nitrogen and oxygen atoms in total. The Morgan fingerprint density at radius 3 is 2.30 bits per heavy atom. The smallest absolute Gasteiger partial charge is 0.254 e. The maximum Gasteiger partial charge on any atom is 0.254 e. The van der Waals surface area contributed by atoms with Gasteiger partial charge in [0.05, 0.1) is 0 Å². The van der Waals surface area contributed by atoms with E-state index in [0.29, 0.717) is 13.1 Å². The summed E-state index contributed by atoms with van der Waals surface area (Å²) in [4.78, 5) is 28.4. The third kappa shape index (κ3) is 4.65. The second-order valence-corrected chi connectivity index (χ2v) is 6.62. The summed E-state index contributed by atoms with van der Waals surface area (Å²) in [5.41, 5.74) is 3.62. The number of rotatable bonds is 5. The number of aryl methyl sites for hydroxylation is 1. The van der Waals surface area contributed by atoms with Crippen molar-refractivity contribution in [1.29, 1.82) is 0 Å². The molecule has 0 unspecified atom stereocenters. The Labute approximate surface area is 159 Å². The van der Waals surface area contributed by atoms with Crippen LogP contribution in [0.15, 0.2) is 48.5 Å². The number of anilines is 2. The van der Waals surface area contributed by atoms with Crippen molar-refractivity contribution in [1.82, 2.24) is 4.90 Å². The van der Waals surface area contributed by atoms with Gasteiger partial charge in [-0.05, 0) is 42.8 Å². The largest absolute Gasteiger partial charge is 0.375 e. The SMILES string of the molecule is COCC(=O)Nc1ccc(N2CCN(C(=O)c3ccccc3C)CC2)cc1. The van der Waals surface area contributed by atoms with Gasteiger partial charge in [0.25, 0.3) is 5.91 Å². The molecule has 3 rings (SSSR count). The van der Waals surface area contributed by atoms with Crippen LogP contribution in [0.2, 0.25) is 0 Å². The predicted octanol–water partition coefficient (Wildman–Crippen LogP) is 2.54. The number of carbonyl (C=O) groups excluding carboxylic acids is 2. The van der Waals surface area contributed by atoms with Gasteiger partial charge in [0.15, 0.2) is 0 Å². The molecule has 2 aromatic carbocycles. The molecule has 0 aromatic heterocycles. The molecule has 0 spiro atoms. The van der Waals surface area contributed by atoms with Gasteiger partial charge in [-0.3, -0.25) is 9.59 Å². The highest BCUT2D eigenvalue weighted by Gasteiger charge is 2.23. The molecule has 6 heteroatoms. The molecule has 0 saturated carbocycles. The van der Waals surface area contributed by atoms with Crippen molar-refractivity contribution in [3.05, 3.63) is 59.7 Å². The van der Waals surface area contributed by atoms with E-state index in [-0.39, 0.29) is 18.4 Å². The number of hydrogen-bond donors (Lipinski definition) is 1. The van der Waals surface area contributed by atoms with Gasteiger partial charge >= 0.3 is 0 Å². The van der Waals surface area contributed by atoms with E-state index in [1.54, 1.807) is 0 Å². The van der Waals surface area contributed by atoms with E-state index in [1.165, 1.54) is 7.11 Å². The molecule has 1 N–H and O–H groups in total. The van der Waals surface area contributed by atoms with E-state index in [9.17, 15) is 9.59 Å². The Morgan fingerprint density at radius 1 is 1.00 bits per heavy atom. The number of nitrogens with zero attached hydrogens (tertiary/aromatic N) is 2. The van der Waals surface area contributed by atoms with E-state index in [0.717, 1.165) is 35.6 Å². The van der Waals surface area contributed by atoms with Gasteiger partial charge in [0.2, 0.25) is 5.91 Å². The fourth-order valence-corrected chi connectivity index (χ4v) is 3.23. The molecule has 27 heavy (non-hydrogen) atoms. The maximum absolute atomic E-state index is 12.7. The van der Waals surface area contributed by atoms with Crippen LogP contribution >= 0.6 is 0 Å². The topological polar surface area (TPSA) is 61.9 Å². The summed E-state index contributed by atoms with van der Waals surface area (Å²) < 4.78 is 4.81. The summed E-state index contributed by atoms with van der Waals surface area (Å²) in [6.07, 6.45) is 0. The zero-order valence-electron chi connectivity index (χ0n) is 15.8. The number of hydrogen-bond acceptors (Lipinski definition) is 4. The minimum atomic E-state index is -0.173. The van der Waals surface area contributed by atoms with Gasteiger partial charge in [-0.15, -0.1) is 0 Å². The number of benzene rings is 2. The van der Waals surface area contributed by atoms with Crippen molar-refractivity contribution >= 4 is 23.2 Å². The second-order valence-electron chi connectivity index (χ2n) is 6.62. The van der Waals surface area contributed by atoms with Crippen molar-refractivity contribution in [2.24, 2.45) is 0 Å². The van der Waals surface area contributed by atoms with Gasteiger partial charge in [-0.2, -0.15) is 0 Å². The quantitative estimate of drug-likeness (QED) is 0.882. The number of piperazine rings is 1. The van der Waals surface area contributed by atoms with Crippen LogP contribution in [0.5, 0.6) is 0 Å². The van der Waals surface area contributed by atoms with Crippen LogP contribution in [0, 0.1) is 6.92 Å². The Hall–Kier alpha value is -2.86. The highest BCUT2D eigenvalue weighted by molar-refractivity contribution is 5.95. The van der Waals surface area contributed by atoms with Crippen LogP contribution < -0.4 is 10.2 Å². The molecule has 0 atom stereocenters. The summed E-state index contributed by atoms with van der Waals surface area (Å²) in [6, 6.07) is 15.5. The Kier molecular flexibility index (Phi) is 6.08. The molecule has 2 amide bonds. The lowest BCUT2D eigenvalue weighted by Gasteiger charge is -2.36. The van der Waals surface area contributed by atoms with Crippen LogP contribution in [-0.4, -0.2) is 56.6 Å². The zero-order chi connectivity index (χ0) is 19.2. The van der Waals surface area contributed by atoms with E-state index in [4.69, 9.17) is 4.74 Å². The Morgan fingerprint density at radius 2 is 1.67 bits per heavy atom. The summed E-state index contributed by atoms with van der Waals surface area (Å²) in [7, 11) is 1.49. The first-order valence-corrected chi connectivity index (χ1v) is 9.07. The van der Waals surface area contributed by atoms with E-state index in [1.807, 2.05) is 60.4 Å². The van der Waals surface area contributed by atoms with Gasteiger partial charge in [-0.1, -0.05) is 18.2 Å². The summed E-state index contributed by atoms with van der Waals surface area (Å²) >= 11 is 0. The Bertz CT molecular complexity index is 797. The number of amides is 2. The summed E-state index contributed by atoms with van der Waals surface area (Å²) in [5, 5.41) is 2.78. The molecule has 1 heterocycles. The summed E-state index contributed by atoms with van der Waals surface area (Å²) in [6.45, 7) is 4.97. The van der Waals surface area contributed by atoms with Gasteiger partial charge in [-0.25, -0.2) is 0 Å². The van der Waals surface area contributed by atoms with Crippen molar-refractivity contribution < 1.29 is 14.3 Å². The van der Waals surface area contributed by atoms with E-state index in [2.05, 4.69) is 10.2 Å². The monoisotopic (exact) mass is 367 g/mol. The van der Waals surface area contributed by atoms with Crippen LogP contribution in [0.25, 0.3) is 0 Å². The average molecular weight is 367 g/mol. The molecule has 0 bridgehead atoms. The minimum Gasteiger partial charge on any atom is -0.375 e. The number of methoxy groups -OCH3 is 1. The van der Waals surface area contributed by atoms with Crippen LogP contribution in [0.3, 0.4) is 0 Å². The van der Waals surface area contributed by atoms with E-state index >= 15 is 0 Å². The van der Waals surface area contributed by atoms with E-state index < -0.39 is 0 Å². The van der Waals surface area contributed by atoms with Crippen LogP contribution in [-0.2, 0) is 9.53 Å². The first-order valence-electron chi connectivity index (χ1n) is 9.07. The molecular formula is C21H25N3O3. The molecule has 142 valence electrons. The van der Waals surface area contributed by atoms with Crippen LogP contribution in [0.4, 0.5) is 11.4 Å². The van der Waals surface area contributed by atoms with Crippen molar-refractivity contribution in [3.63, 3.8) is 0 Å². The molecule has 0 radical (unpaired) electrons. The number of carbonyl (C=O) groups is 2. The predicted molar refractivity (Wildman–Crippen MR) is 106 cm³/mol. The molecule has 2 aromatic rings. The van der Waals surface area contributed by atoms with Crippen LogP contribution in [0.1, 0.15) is 15.9 Å². The minimum absolute atomic E-state index is 0.0403. The highest BCUT2D eigenvalue weighted by atomic mass is 16.5. The van der Waals surface area contributed by atoms with Gasteiger partial charge in [0, 0.05) is 50.2 Å². The maximum atomic E-state index is 12.7. The number of nitrogens with one attached hydrogen (secondary N) is 1. The average Bonchev–Trinajstić information content (AvgIpc) is 2.69. The Balaban J connectivity index is 1.57. The lowest BCUT2D eigenvalue weighted by atomic mass is 10.1. The summed E-state index contributed by atoms with van der Waals surface area (Å²) in [5.74, 6) is -0.0717. The molecule has 0 aliphatic carbocycles. The molecule has 1 fully saturated rings. The fraction of sp³-hybridized carbons (Fsp3) is 0.333. The van der Waals surface area contributed by atoms with Gasteiger partial charge in [0.1, 0.15) is 6.61 Å². The third-order valence-corrected chi connectivity index (χ3v) is 4.73. The van der Waals surface area contributed by atoms with Crippen molar-refractivity contribution in [2.45, 2.75) is 6.92 Å². The molecular weight excluding hydrogens is 342 g/mol.